The Hall–Kier alpha value is -0.800. The van der Waals surface area contributed by atoms with Gasteiger partial charge in [-0.1, -0.05) is 0 Å². The largest absolute Gasteiger partial charge is 0.468 e. The van der Waals surface area contributed by atoms with E-state index in [-0.39, 0.29) is 0 Å². The predicted octanol–water partition coefficient (Wildman–Crippen LogP) is 1.94. The van der Waals surface area contributed by atoms with Gasteiger partial charge in [-0.2, -0.15) is 0 Å². The quantitative estimate of drug-likeness (QED) is 0.800. The molecule has 0 radical (unpaired) electrons. The molecule has 1 aliphatic heterocycles. The molecule has 78 valence electrons. The van der Waals surface area contributed by atoms with E-state index >= 15 is 0 Å². The molecule has 2 rings (SSSR count). The molecule has 0 aliphatic carbocycles. The van der Waals surface area contributed by atoms with Gasteiger partial charge in [0, 0.05) is 19.3 Å². The van der Waals surface area contributed by atoms with Crippen molar-refractivity contribution >= 4 is 0 Å². The highest BCUT2D eigenvalue weighted by atomic mass is 16.5. The smallest absolute Gasteiger partial charge is 0.117 e. The van der Waals surface area contributed by atoms with Gasteiger partial charge in [0.25, 0.3) is 0 Å². The molecule has 3 heteroatoms. The molecule has 0 saturated carbocycles. The minimum absolute atomic E-state index is 0.586. The summed E-state index contributed by atoms with van der Waals surface area (Å²) < 4.78 is 10.7. The summed E-state index contributed by atoms with van der Waals surface area (Å²) >= 11 is 0. The monoisotopic (exact) mass is 195 g/mol. The van der Waals surface area contributed by atoms with Crippen LogP contribution in [0.25, 0.3) is 0 Å². The van der Waals surface area contributed by atoms with Crippen LogP contribution in [0.2, 0.25) is 0 Å². The summed E-state index contributed by atoms with van der Waals surface area (Å²) in [5.74, 6) is 1.01. The number of furan rings is 1. The van der Waals surface area contributed by atoms with Gasteiger partial charge in [0.05, 0.1) is 12.8 Å². The van der Waals surface area contributed by atoms with E-state index in [1.165, 1.54) is 6.42 Å². The summed E-state index contributed by atoms with van der Waals surface area (Å²) in [6, 6.07) is 4.51. The van der Waals surface area contributed by atoms with E-state index in [9.17, 15) is 0 Å². The second kappa shape index (κ2) is 5.17. The Morgan fingerprint density at radius 1 is 1.36 bits per heavy atom. The van der Waals surface area contributed by atoms with Crippen LogP contribution in [0.5, 0.6) is 0 Å². The van der Waals surface area contributed by atoms with E-state index in [1.807, 2.05) is 12.1 Å². The first kappa shape index (κ1) is 9.74. The Labute approximate surface area is 84.4 Å². The average Bonchev–Trinajstić information content (AvgIpc) is 2.58. The van der Waals surface area contributed by atoms with Crippen LogP contribution in [0.3, 0.4) is 0 Å². The first-order valence-corrected chi connectivity index (χ1v) is 5.28. The van der Waals surface area contributed by atoms with Crippen LogP contribution < -0.4 is 5.32 Å². The lowest BCUT2D eigenvalue weighted by Gasteiger charge is -2.14. The van der Waals surface area contributed by atoms with Gasteiger partial charge in [-0.25, -0.2) is 0 Å². The van der Waals surface area contributed by atoms with E-state index in [0.29, 0.717) is 6.04 Å². The van der Waals surface area contributed by atoms with Crippen LogP contribution in [0.4, 0.5) is 0 Å². The summed E-state index contributed by atoms with van der Waals surface area (Å²) in [5.41, 5.74) is 0. The minimum Gasteiger partial charge on any atom is -0.468 e. The normalized spacial score (nSPS) is 23.3. The third-order valence-corrected chi connectivity index (χ3v) is 2.60. The molecular formula is C11H17NO2. The van der Waals surface area contributed by atoms with Crippen LogP contribution in [0, 0.1) is 0 Å². The fourth-order valence-electron chi connectivity index (χ4n) is 1.77. The highest BCUT2D eigenvalue weighted by Gasteiger charge is 2.11. The van der Waals surface area contributed by atoms with Crippen molar-refractivity contribution in [1.82, 2.24) is 5.32 Å². The molecule has 0 bridgehead atoms. The van der Waals surface area contributed by atoms with Crippen molar-refractivity contribution in [3.05, 3.63) is 24.2 Å². The molecule has 1 aromatic rings. The van der Waals surface area contributed by atoms with Crippen molar-refractivity contribution in [3.63, 3.8) is 0 Å². The number of nitrogens with one attached hydrogen (secondary N) is 1. The van der Waals surface area contributed by atoms with Crippen LogP contribution in [-0.4, -0.2) is 19.3 Å². The second-order valence-corrected chi connectivity index (χ2v) is 3.70. The molecular weight excluding hydrogens is 178 g/mol. The lowest BCUT2D eigenvalue weighted by atomic mass is 10.1. The van der Waals surface area contributed by atoms with Crippen LogP contribution in [-0.2, 0) is 11.3 Å². The van der Waals surface area contributed by atoms with Gasteiger partial charge in [0.15, 0.2) is 0 Å². The van der Waals surface area contributed by atoms with Crippen molar-refractivity contribution in [2.24, 2.45) is 0 Å². The molecule has 1 fully saturated rings. The summed E-state index contributed by atoms with van der Waals surface area (Å²) in [6.45, 7) is 2.63. The van der Waals surface area contributed by atoms with Crippen molar-refractivity contribution in [3.8, 4) is 0 Å². The Kier molecular flexibility index (Phi) is 3.60. The maximum atomic E-state index is 5.40. The van der Waals surface area contributed by atoms with Crippen molar-refractivity contribution in [2.45, 2.75) is 31.8 Å². The standard InChI is InChI=1S/C11H17NO2/c1-3-10(5-8-13-6-1)12-9-11-4-2-7-14-11/h2,4,7,10,12H,1,3,5-6,8-9H2. The molecule has 2 heterocycles. The molecule has 1 N–H and O–H groups in total. The Balaban J connectivity index is 1.73. The van der Waals surface area contributed by atoms with Gasteiger partial charge in [-0.15, -0.1) is 0 Å². The number of rotatable bonds is 3. The van der Waals surface area contributed by atoms with Crippen LogP contribution >= 0.6 is 0 Å². The summed E-state index contributed by atoms with van der Waals surface area (Å²) in [5, 5.41) is 3.49. The number of hydrogen-bond acceptors (Lipinski definition) is 3. The highest BCUT2D eigenvalue weighted by molar-refractivity contribution is 4.97. The number of ether oxygens (including phenoxy) is 1. The fourth-order valence-corrected chi connectivity index (χ4v) is 1.77. The van der Waals surface area contributed by atoms with Gasteiger partial charge >= 0.3 is 0 Å². The second-order valence-electron chi connectivity index (χ2n) is 3.70. The topological polar surface area (TPSA) is 34.4 Å². The average molecular weight is 195 g/mol. The Morgan fingerprint density at radius 3 is 3.21 bits per heavy atom. The van der Waals surface area contributed by atoms with Gasteiger partial charge in [-0.05, 0) is 31.4 Å². The van der Waals surface area contributed by atoms with E-state index in [2.05, 4.69) is 5.32 Å². The molecule has 1 aromatic heterocycles. The van der Waals surface area contributed by atoms with Gasteiger partial charge in [0.2, 0.25) is 0 Å². The minimum atomic E-state index is 0.586. The summed E-state index contributed by atoms with van der Waals surface area (Å²) in [6.07, 6.45) is 5.20. The van der Waals surface area contributed by atoms with Crippen molar-refractivity contribution in [1.29, 1.82) is 0 Å². The van der Waals surface area contributed by atoms with Gasteiger partial charge in [-0.3, -0.25) is 0 Å². The van der Waals surface area contributed by atoms with E-state index < -0.39 is 0 Å². The summed E-state index contributed by atoms with van der Waals surface area (Å²) in [4.78, 5) is 0. The lowest BCUT2D eigenvalue weighted by Crippen LogP contribution is -2.28. The lowest BCUT2D eigenvalue weighted by molar-refractivity contribution is 0.142. The third kappa shape index (κ3) is 2.86. The molecule has 1 saturated heterocycles. The van der Waals surface area contributed by atoms with Crippen molar-refractivity contribution < 1.29 is 9.15 Å². The maximum absolute atomic E-state index is 5.40. The van der Waals surface area contributed by atoms with Gasteiger partial charge in [0.1, 0.15) is 5.76 Å². The first-order chi connectivity index (χ1) is 6.95. The molecule has 3 nitrogen and oxygen atoms in total. The molecule has 1 atom stereocenters. The van der Waals surface area contributed by atoms with Crippen LogP contribution in [0.15, 0.2) is 22.8 Å². The predicted molar refractivity (Wildman–Crippen MR) is 54.0 cm³/mol. The highest BCUT2D eigenvalue weighted by Crippen LogP contribution is 2.09. The van der Waals surface area contributed by atoms with Crippen LogP contribution in [0.1, 0.15) is 25.0 Å². The van der Waals surface area contributed by atoms with E-state index in [1.54, 1.807) is 6.26 Å². The third-order valence-electron chi connectivity index (χ3n) is 2.60. The zero-order valence-corrected chi connectivity index (χ0v) is 8.37. The van der Waals surface area contributed by atoms with Gasteiger partial charge < -0.3 is 14.5 Å². The molecule has 1 unspecified atom stereocenters. The SMILES string of the molecule is c1coc(CNC2CCCOCC2)c1. The zero-order valence-electron chi connectivity index (χ0n) is 8.37. The first-order valence-electron chi connectivity index (χ1n) is 5.28. The van der Waals surface area contributed by atoms with E-state index in [0.717, 1.165) is 38.4 Å². The zero-order chi connectivity index (χ0) is 9.64. The number of hydrogen-bond donors (Lipinski definition) is 1. The fraction of sp³-hybridized carbons (Fsp3) is 0.636. The Morgan fingerprint density at radius 2 is 2.36 bits per heavy atom. The molecule has 14 heavy (non-hydrogen) atoms. The molecule has 0 spiro atoms. The van der Waals surface area contributed by atoms with Crippen molar-refractivity contribution in [2.75, 3.05) is 13.2 Å². The van der Waals surface area contributed by atoms with E-state index in [4.69, 9.17) is 9.15 Å². The molecule has 0 aromatic carbocycles. The molecule has 1 aliphatic rings. The maximum Gasteiger partial charge on any atom is 0.117 e. The summed E-state index contributed by atoms with van der Waals surface area (Å²) in [7, 11) is 0. The Bertz CT molecular complexity index is 238. The molecule has 0 amide bonds.